The van der Waals surface area contributed by atoms with Gasteiger partial charge in [-0.3, -0.25) is 0 Å². The molecule has 1 saturated heterocycles. The first-order chi connectivity index (χ1) is 10.1. The number of aromatic amines is 1. The standard InChI is InChI=1S/C14H17NO6/c16-6-10-11(17)12(18)13(19)14(21-10)20-9-5-15-8-4-2-1-3-7(8)9/h1-5,10-19H,6H2/t10-,11-,12+,13+,14+/m1/s1. The van der Waals surface area contributed by atoms with Crippen molar-refractivity contribution < 1.29 is 29.9 Å². The van der Waals surface area contributed by atoms with Crippen molar-refractivity contribution in [3.63, 3.8) is 0 Å². The van der Waals surface area contributed by atoms with Crippen LogP contribution in [-0.2, 0) is 4.74 Å². The van der Waals surface area contributed by atoms with E-state index in [0.717, 1.165) is 10.9 Å². The second-order valence-corrected chi connectivity index (χ2v) is 5.01. The molecule has 1 aliphatic heterocycles. The van der Waals surface area contributed by atoms with Gasteiger partial charge >= 0.3 is 0 Å². The van der Waals surface area contributed by atoms with E-state index in [-0.39, 0.29) is 0 Å². The molecule has 21 heavy (non-hydrogen) atoms. The molecule has 1 fully saturated rings. The maximum absolute atomic E-state index is 9.94. The fraction of sp³-hybridized carbons (Fsp3) is 0.429. The molecule has 0 unspecified atom stereocenters. The molecule has 5 atom stereocenters. The number of rotatable bonds is 3. The summed E-state index contributed by atoms with van der Waals surface area (Å²) < 4.78 is 10.9. The maximum Gasteiger partial charge on any atom is 0.229 e. The van der Waals surface area contributed by atoms with Gasteiger partial charge in [-0.1, -0.05) is 12.1 Å². The zero-order valence-corrected chi connectivity index (χ0v) is 11.1. The molecule has 5 N–H and O–H groups in total. The quantitative estimate of drug-likeness (QED) is 0.514. The van der Waals surface area contributed by atoms with E-state index in [1.165, 1.54) is 0 Å². The summed E-state index contributed by atoms with van der Waals surface area (Å²) in [5, 5.41) is 39.3. The molecule has 0 spiro atoms. The first kappa shape index (κ1) is 14.3. The number of aromatic nitrogens is 1. The summed E-state index contributed by atoms with van der Waals surface area (Å²) in [6.45, 7) is -0.487. The normalized spacial score (nSPS) is 33.2. The molecule has 0 amide bonds. The number of para-hydroxylation sites is 1. The van der Waals surface area contributed by atoms with Crippen LogP contribution in [0.15, 0.2) is 30.5 Å². The number of aliphatic hydroxyl groups excluding tert-OH is 4. The van der Waals surface area contributed by atoms with Crippen LogP contribution in [0.2, 0.25) is 0 Å². The molecule has 1 aliphatic rings. The van der Waals surface area contributed by atoms with Crippen LogP contribution < -0.4 is 4.74 Å². The van der Waals surface area contributed by atoms with Crippen molar-refractivity contribution >= 4 is 10.9 Å². The molecular formula is C14H17NO6. The summed E-state index contributed by atoms with van der Waals surface area (Å²) in [4.78, 5) is 3.01. The highest BCUT2D eigenvalue weighted by atomic mass is 16.7. The van der Waals surface area contributed by atoms with E-state index in [9.17, 15) is 15.3 Å². The van der Waals surface area contributed by atoms with E-state index in [1.807, 2.05) is 24.3 Å². The fourth-order valence-electron chi connectivity index (χ4n) is 2.43. The summed E-state index contributed by atoms with van der Waals surface area (Å²) in [5.74, 6) is 0.454. The van der Waals surface area contributed by atoms with E-state index in [4.69, 9.17) is 14.6 Å². The Morgan fingerprint density at radius 3 is 2.62 bits per heavy atom. The third kappa shape index (κ3) is 2.50. The number of hydrogen-bond donors (Lipinski definition) is 5. The highest BCUT2D eigenvalue weighted by Gasteiger charge is 2.44. The van der Waals surface area contributed by atoms with Crippen molar-refractivity contribution in [3.8, 4) is 5.75 Å². The maximum atomic E-state index is 9.94. The Labute approximate surface area is 120 Å². The SMILES string of the molecule is OC[C@H]1O[C@H](Oc2c[nH]c3ccccc23)[C@@H](O)[C@@H](O)[C@@H]1O. The zero-order chi connectivity index (χ0) is 15.0. The van der Waals surface area contributed by atoms with E-state index >= 15 is 0 Å². The molecule has 0 saturated carbocycles. The molecule has 1 aromatic carbocycles. The van der Waals surface area contributed by atoms with Crippen LogP contribution in [0.25, 0.3) is 10.9 Å². The van der Waals surface area contributed by atoms with Crippen LogP contribution in [0.5, 0.6) is 5.75 Å². The Balaban J connectivity index is 1.83. The molecule has 2 heterocycles. The number of H-pyrrole nitrogens is 1. The Morgan fingerprint density at radius 2 is 1.86 bits per heavy atom. The lowest BCUT2D eigenvalue weighted by molar-refractivity contribution is -0.277. The van der Waals surface area contributed by atoms with Crippen LogP contribution in [0, 0.1) is 0 Å². The summed E-state index contributed by atoms with van der Waals surface area (Å²) in [6.07, 6.45) is -4.82. The number of aliphatic hydroxyl groups is 4. The smallest absolute Gasteiger partial charge is 0.229 e. The minimum atomic E-state index is -1.45. The van der Waals surface area contributed by atoms with Gasteiger partial charge in [0.05, 0.1) is 6.61 Å². The van der Waals surface area contributed by atoms with E-state index in [2.05, 4.69) is 4.98 Å². The van der Waals surface area contributed by atoms with Gasteiger partial charge in [0.1, 0.15) is 30.2 Å². The van der Waals surface area contributed by atoms with Crippen LogP contribution >= 0.6 is 0 Å². The van der Waals surface area contributed by atoms with Gasteiger partial charge in [0, 0.05) is 17.1 Å². The average Bonchev–Trinajstić information content (AvgIpc) is 2.91. The van der Waals surface area contributed by atoms with Crippen LogP contribution in [0.3, 0.4) is 0 Å². The monoisotopic (exact) mass is 295 g/mol. The van der Waals surface area contributed by atoms with Gasteiger partial charge in [0.2, 0.25) is 6.29 Å². The fourth-order valence-corrected chi connectivity index (χ4v) is 2.43. The number of hydrogen-bond acceptors (Lipinski definition) is 6. The molecule has 0 radical (unpaired) electrons. The van der Waals surface area contributed by atoms with Gasteiger partial charge in [0.25, 0.3) is 0 Å². The lowest BCUT2D eigenvalue weighted by Gasteiger charge is -2.39. The van der Waals surface area contributed by atoms with Gasteiger partial charge in [-0.2, -0.15) is 0 Å². The number of ether oxygens (including phenoxy) is 2. The van der Waals surface area contributed by atoms with Crippen molar-refractivity contribution in [3.05, 3.63) is 30.5 Å². The average molecular weight is 295 g/mol. The third-order valence-corrected chi connectivity index (χ3v) is 3.64. The van der Waals surface area contributed by atoms with Crippen LogP contribution in [0.4, 0.5) is 0 Å². The minimum Gasteiger partial charge on any atom is -0.460 e. The van der Waals surface area contributed by atoms with Crippen molar-refractivity contribution in [2.24, 2.45) is 0 Å². The molecular weight excluding hydrogens is 278 g/mol. The van der Waals surface area contributed by atoms with Gasteiger partial charge < -0.3 is 34.9 Å². The molecule has 0 bridgehead atoms. The van der Waals surface area contributed by atoms with Gasteiger partial charge in [-0.15, -0.1) is 0 Å². The van der Waals surface area contributed by atoms with Crippen LogP contribution in [0.1, 0.15) is 0 Å². The molecule has 7 heteroatoms. The summed E-state index contributed by atoms with van der Waals surface area (Å²) in [7, 11) is 0. The van der Waals surface area contributed by atoms with Crippen LogP contribution in [-0.4, -0.2) is 62.7 Å². The highest BCUT2D eigenvalue weighted by molar-refractivity contribution is 5.85. The van der Waals surface area contributed by atoms with E-state index < -0.39 is 37.3 Å². The first-order valence-corrected chi connectivity index (χ1v) is 6.65. The summed E-state index contributed by atoms with van der Waals surface area (Å²) in [6, 6.07) is 7.42. The van der Waals surface area contributed by atoms with Gasteiger partial charge in [-0.05, 0) is 12.1 Å². The number of nitrogens with one attached hydrogen (secondary N) is 1. The third-order valence-electron chi connectivity index (χ3n) is 3.64. The van der Waals surface area contributed by atoms with Gasteiger partial charge in [-0.25, -0.2) is 0 Å². The number of benzene rings is 1. The molecule has 2 aromatic rings. The Hall–Kier alpha value is -1.64. The zero-order valence-electron chi connectivity index (χ0n) is 11.1. The Morgan fingerprint density at radius 1 is 1.10 bits per heavy atom. The predicted molar refractivity (Wildman–Crippen MR) is 72.7 cm³/mol. The molecule has 114 valence electrons. The lowest BCUT2D eigenvalue weighted by atomic mass is 9.99. The summed E-state index contributed by atoms with van der Waals surface area (Å²) >= 11 is 0. The lowest BCUT2D eigenvalue weighted by Crippen LogP contribution is -2.60. The predicted octanol–water partition coefficient (Wildman–Crippen LogP) is -0.653. The summed E-state index contributed by atoms with van der Waals surface area (Å²) in [5.41, 5.74) is 0.858. The van der Waals surface area contributed by atoms with Crippen molar-refractivity contribution in [2.75, 3.05) is 6.61 Å². The second kappa shape index (κ2) is 5.63. The Kier molecular flexibility index (Phi) is 3.83. The Bertz CT molecular complexity index is 612. The molecule has 3 rings (SSSR count). The van der Waals surface area contributed by atoms with Crippen molar-refractivity contribution in [2.45, 2.75) is 30.7 Å². The van der Waals surface area contributed by atoms with E-state index in [1.54, 1.807) is 6.20 Å². The number of fused-ring (bicyclic) bond motifs is 1. The van der Waals surface area contributed by atoms with Gasteiger partial charge in [0.15, 0.2) is 0 Å². The molecule has 7 nitrogen and oxygen atoms in total. The highest BCUT2D eigenvalue weighted by Crippen LogP contribution is 2.29. The topological polar surface area (TPSA) is 115 Å². The minimum absolute atomic E-state index is 0.454. The van der Waals surface area contributed by atoms with Crippen molar-refractivity contribution in [1.29, 1.82) is 0 Å². The first-order valence-electron chi connectivity index (χ1n) is 6.65. The van der Waals surface area contributed by atoms with Crippen molar-refractivity contribution in [1.82, 2.24) is 4.98 Å². The largest absolute Gasteiger partial charge is 0.460 e. The molecule has 1 aromatic heterocycles. The molecule has 0 aliphatic carbocycles. The second-order valence-electron chi connectivity index (χ2n) is 5.01. The van der Waals surface area contributed by atoms with E-state index in [0.29, 0.717) is 5.75 Å².